The number of nitrogens with one attached hydrogen (secondary N) is 1. The lowest BCUT2D eigenvalue weighted by molar-refractivity contribution is 0.498. The van der Waals surface area contributed by atoms with Crippen molar-refractivity contribution in [2.45, 2.75) is 72.8 Å². The molecule has 0 aliphatic carbocycles. The quantitative estimate of drug-likeness (QED) is 0.582. The molecule has 0 aliphatic heterocycles. The summed E-state index contributed by atoms with van der Waals surface area (Å²) in [6.07, 6.45) is 6.82. The van der Waals surface area contributed by atoms with Gasteiger partial charge >= 0.3 is 0 Å². The van der Waals surface area contributed by atoms with Gasteiger partial charge in [-0.1, -0.05) is 63.3 Å². The molecule has 1 nitrogen and oxygen atoms in total. The second-order valence-corrected chi connectivity index (χ2v) is 6.63. The van der Waals surface area contributed by atoms with Crippen LogP contribution in [-0.2, 0) is 0 Å². The minimum atomic E-state index is 0.464. The predicted molar refractivity (Wildman–Crippen MR) is 90.3 cm³/mol. The molecule has 1 atom stereocenters. The maximum Gasteiger partial charge on any atom is 0.0294 e. The van der Waals surface area contributed by atoms with E-state index in [-0.39, 0.29) is 0 Å². The van der Waals surface area contributed by atoms with E-state index < -0.39 is 0 Å². The van der Waals surface area contributed by atoms with Crippen molar-refractivity contribution in [3.8, 4) is 0 Å². The van der Waals surface area contributed by atoms with Crippen molar-refractivity contribution in [2.24, 2.45) is 5.92 Å². The largest absolute Gasteiger partial charge is 0.310 e. The molecule has 0 spiro atoms. The Hall–Kier alpha value is -0.820. The first-order valence-corrected chi connectivity index (χ1v) is 8.31. The van der Waals surface area contributed by atoms with Crippen molar-refractivity contribution >= 4 is 0 Å². The summed E-state index contributed by atoms with van der Waals surface area (Å²) in [5, 5.41) is 3.66. The molecule has 1 heteroatoms. The number of unbranched alkanes of at least 4 members (excludes halogenated alkanes) is 3. The fourth-order valence-corrected chi connectivity index (χ4v) is 2.77. The zero-order valence-corrected chi connectivity index (χ0v) is 14.1. The Labute approximate surface area is 126 Å². The van der Waals surface area contributed by atoms with Gasteiger partial charge in [0.1, 0.15) is 0 Å². The van der Waals surface area contributed by atoms with Crippen LogP contribution in [0.25, 0.3) is 0 Å². The summed E-state index contributed by atoms with van der Waals surface area (Å²) in [4.78, 5) is 0. The lowest BCUT2D eigenvalue weighted by atomic mass is 10.00. The van der Waals surface area contributed by atoms with Crippen LogP contribution in [0.2, 0.25) is 0 Å². The van der Waals surface area contributed by atoms with E-state index >= 15 is 0 Å². The zero-order chi connectivity index (χ0) is 15.0. The number of rotatable bonds is 9. The van der Waals surface area contributed by atoms with Gasteiger partial charge in [-0.3, -0.25) is 0 Å². The van der Waals surface area contributed by atoms with Crippen LogP contribution in [0.3, 0.4) is 0 Å². The lowest BCUT2D eigenvalue weighted by Gasteiger charge is -2.17. The lowest BCUT2D eigenvalue weighted by Crippen LogP contribution is -2.20. The fourth-order valence-electron chi connectivity index (χ4n) is 2.77. The molecule has 0 aliphatic rings. The van der Waals surface area contributed by atoms with Crippen LogP contribution in [0.5, 0.6) is 0 Å². The first-order valence-electron chi connectivity index (χ1n) is 8.31. The summed E-state index contributed by atoms with van der Waals surface area (Å²) in [6, 6.07) is 7.22. The van der Waals surface area contributed by atoms with Gasteiger partial charge in [0.2, 0.25) is 0 Å². The van der Waals surface area contributed by atoms with Gasteiger partial charge in [-0.25, -0.2) is 0 Å². The fraction of sp³-hybridized carbons (Fsp3) is 0.684. The molecule has 1 aromatic carbocycles. The van der Waals surface area contributed by atoms with E-state index in [1.807, 2.05) is 0 Å². The Morgan fingerprint density at radius 3 is 2.30 bits per heavy atom. The zero-order valence-electron chi connectivity index (χ0n) is 14.1. The third-order valence-electron chi connectivity index (χ3n) is 4.05. The second-order valence-electron chi connectivity index (χ2n) is 6.63. The van der Waals surface area contributed by atoms with E-state index in [1.165, 1.54) is 48.8 Å². The Kier molecular flexibility index (Phi) is 7.91. The summed E-state index contributed by atoms with van der Waals surface area (Å²) < 4.78 is 0. The van der Waals surface area contributed by atoms with Gasteiger partial charge < -0.3 is 5.32 Å². The van der Waals surface area contributed by atoms with E-state index in [4.69, 9.17) is 0 Å². The molecule has 114 valence electrons. The molecule has 1 unspecified atom stereocenters. The summed E-state index contributed by atoms with van der Waals surface area (Å²) in [5.41, 5.74) is 4.20. The molecular weight excluding hydrogens is 242 g/mol. The first-order chi connectivity index (χ1) is 9.50. The molecule has 1 aromatic rings. The number of hydrogen-bond acceptors (Lipinski definition) is 1. The molecule has 0 saturated carbocycles. The summed E-state index contributed by atoms with van der Waals surface area (Å²) in [5.74, 6) is 0.859. The van der Waals surface area contributed by atoms with Crippen molar-refractivity contribution < 1.29 is 0 Å². The normalized spacial score (nSPS) is 12.9. The third kappa shape index (κ3) is 6.56. The highest BCUT2D eigenvalue weighted by molar-refractivity contribution is 5.32. The maximum atomic E-state index is 3.66. The van der Waals surface area contributed by atoms with E-state index in [0.29, 0.717) is 6.04 Å². The average Bonchev–Trinajstić information content (AvgIpc) is 2.37. The highest BCUT2D eigenvalue weighted by Gasteiger charge is 2.07. The SMILES string of the molecule is Cc1ccc(C(C)NCCCCCCC(C)C)c(C)c1. The Morgan fingerprint density at radius 1 is 0.950 bits per heavy atom. The van der Waals surface area contributed by atoms with Crippen LogP contribution in [0.15, 0.2) is 18.2 Å². The molecule has 0 saturated heterocycles. The third-order valence-corrected chi connectivity index (χ3v) is 4.05. The van der Waals surface area contributed by atoms with Crippen LogP contribution < -0.4 is 5.32 Å². The van der Waals surface area contributed by atoms with Crippen LogP contribution in [0.4, 0.5) is 0 Å². The van der Waals surface area contributed by atoms with E-state index in [1.54, 1.807) is 0 Å². The Bertz CT molecular complexity index is 381. The molecule has 0 heterocycles. The van der Waals surface area contributed by atoms with Crippen LogP contribution in [-0.4, -0.2) is 6.54 Å². The Morgan fingerprint density at radius 2 is 1.65 bits per heavy atom. The summed E-state index contributed by atoms with van der Waals surface area (Å²) >= 11 is 0. The number of benzene rings is 1. The van der Waals surface area contributed by atoms with Crippen LogP contribution >= 0.6 is 0 Å². The highest BCUT2D eigenvalue weighted by atomic mass is 14.9. The molecular formula is C19H33N. The second kappa shape index (κ2) is 9.18. The first kappa shape index (κ1) is 17.2. The molecule has 0 fully saturated rings. The van der Waals surface area contributed by atoms with Crippen molar-refractivity contribution in [2.75, 3.05) is 6.54 Å². The van der Waals surface area contributed by atoms with E-state index in [0.717, 1.165) is 12.5 Å². The molecule has 0 radical (unpaired) electrons. The average molecular weight is 275 g/mol. The van der Waals surface area contributed by atoms with Crippen LogP contribution in [0, 0.1) is 19.8 Å². The van der Waals surface area contributed by atoms with E-state index in [9.17, 15) is 0 Å². The molecule has 1 rings (SSSR count). The van der Waals surface area contributed by atoms with Crippen molar-refractivity contribution in [1.82, 2.24) is 5.32 Å². The topological polar surface area (TPSA) is 12.0 Å². The summed E-state index contributed by atoms with van der Waals surface area (Å²) in [7, 11) is 0. The Balaban J connectivity index is 2.18. The van der Waals surface area contributed by atoms with E-state index in [2.05, 4.69) is 58.1 Å². The van der Waals surface area contributed by atoms with Gasteiger partial charge in [-0.05, 0) is 50.8 Å². The van der Waals surface area contributed by atoms with Crippen molar-refractivity contribution in [3.63, 3.8) is 0 Å². The van der Waals surface area contributed by atoms with Crippen molar-refractivity contribution in [1.29, 1.82) is 0 Å². The van der Waals surface area contributed by atoms with Gasteiger partial charge in [-0.15, -0.1) is 0 Å². The number of aryl methyl sites for hydroxylation is 2. The smallest absolute Gasteiger partial charge is 0.0294 e. The molecule has 1 N–H and O–H groups in total. The monoisotopic (exact) mass is 275 g/mol. The standard InChI is InChI=1S/C19H33N/c1-15(2)10-8-6-7-9-13-20-18(5)19-12-11-16(3)14-17(19)4/h11-12,14-15,18,20H,6-10,13H2,1-5H3. The van der Waals surface area contributed by atoms with Crippen LogP contribution in [0.1, 0.15) is 75.6 Å². The molecule has 0 amide bonds. The van der Waals surface area contributed by atoms with Crippen molar-refractivity contribution in [3.05, 3.63) is 34.9 Å². The highest BCUT2D eigenvalue weighted by Crippen LogP contribution is 2.18. The number of hydrogen-bond donors (Lipinski definition) is 1. The maximum absolute atomic E-state index is 3.66. The van der Waals surface area contributed by atoms with Gasteiger partial charge in [-0.2, -0.15) is 0 Å². The molecule has 20 heavy (non-hydrogen) atoms. The predicted octanol–water partition coefficient (Wildman–Crippen LogP) is 5.56. The van der Waals surface area contributed by atoms with Gasteiger partial charge in [0.15, 0.2) is 0 Å². The molecule has 0 aromatic heterocycles. The van der Waals surface area contributed by atoms with Gasteiger partial charge in [0.25, 0.3) is 0 Å². The van der Waals surface area contributed by atoms with Gasteiger partial charge in [0, 0.05) is 6.04 Å². The molecule has 0 bridgehead atoms. The van der Waals surface area contributed by atoms with Gasteiger partial charge in [0.05, 0.1) is 0 Å². The minimum Gasteiger partial charge on any atom is -0.310 e. The minimum absolute atomic E-state index is 0.464. The summed E-state index contributed by atoms with van der Waals surface area (Å²) in [6.45, 7) is 12.4.